The van der Waals surface area contributed by atoms with E-state index in [1.165, 1.54) is 11.1 Å². The van der Waals surface area contributed by atoms with E-state index in [0.29, 0.717) is 26.1 Å². The molecule has 1 heterocycles. The topological polar surface area (TPSA) is 35.5 Å². The van der Waals surface area contributed by atoms with Crippen LogP contribution in [-0.2, 0) is 22.4 Å². The lowest BCUT2D eigenvalue weighted by Gasteiger charge is -2.04. The van der Waals surface area contributed by atoms with Crippen LogP contribution in [0.1, 0.15) is 30.9 Å². The second-order valence-electron chi connectivity index (χ2n) is 4.53. The maximum absolute atomic E-state index is 11.6. The first-order valence-corrected chi connectivity index (χ1v) is 6.63. The quantitative estimate of drug-likeness (QED) is 0.696. The molecule has 0 aliphatic carbocycles. The van der Waals surface area contributed by atoms with Gasteiger partial charge < -0.3 is 9.47 Å². The van der Waals surface area contributed by atoms with Crippen LogP contribution in [-0.4, -0.2) is 25.6 Å². The van der Waals surface area contributed by atoms with E-state index in [2.05, 4.69) is 12.1 Å². The van der Waals surface area contributed by atoms with Gasteiger partial charge in [0.05, 0.1) is 13.2 Å². The van der Waals surface area contributed by atoms with Gasteiger partial charge in [0, 0.05) is 25.9 Å². The highest BCUT2D eigenvalue weighted by molar-refractivity contribution is 5.78. The van der Waals surface area contributed by atoms with Crippen LogP contribution in [0.15, 0.2) is 18.2 Å². The van der Waals surface area contributed by atoms with E-state index in [1.807, 2.05) is 13.0 Å². The number of carbonyl (C=O) groups is 1. The molecule has 0 fully saturated rings. The van der Waals surface area contributed by atoms with E-state index >= 15 is 0 Å². The van der Waals surface area contributed by atoms with E-state index in [0.717, 1.165) is 25.2 Å². The third-order valence-electron chi connectivity index (χ3n) is 3.18. The molecule has 0 N–H and O–H groups in total. The smallest absolute Gasteiger partial charge is 0.135 e. The highest BCUT2D eigenvalue weighted by Gasteiger charge is 2.12. The third kappa shape index (κ3) is 3.57. The monoisotopic (exact) mass is 248 g/mol. The van der Waals surface area contributed by atoms with Crippen molar-refractivity contribution < 1.29 is 14.3 Å². The number of ketones is 1. The van der Waals surface area contributed by atoms with Crippen molar-refractivity contribution in [2.45, 2.75) is 32.6 Å². The van der Waals surface area contributed by atoms with Crippen molar-refractivity contribution in [3.05, 3.63) is 29.3 Å². The van der Waals surface area contributed by atoms with Crippen molar-refractivity contribution in [3.63, 3.8) is 0 Å². The Morgan fingerprint density at radius 1 is 1.39 bits per heavy atom. The standard InChI is InChI=1S/C15H20O3/c1-2-17-9-8-14(16)5-3-12-4-6-15-13(11-12)7-10-18-15/h4,6,11H,2-3,5,7-10H2,1H3. The summed E-state index contributed by atoms with van der Waals surface area (Å²) in [5, 5.41) is 0. The fourth-order valence-corrected chi connectivity index (χ4v) is 2.13. The fraction of sp³-hybridized carbons (Fsp3) is 0.533. The molecule has 1 aliphatic heterocycles. The van der Waals surface area contributed by atoms with Crippen molar-refractivity contribution in [2.24, 2.45) is 0 Å². The predicted octanol–water partition coefficient (Wildman–Crippen LogP) is 2.55. The number of benzene rings is 1. The molecule has 3 nitrogen and oxygen atoms in total. The molecule has 1 aromatic carbocycles. The van der Waals surface area contributed by atoms with Crippen LogP contribution < -0.4 is 4.74 Å². The first-order chi connectivity index (χ1) is 8.79. The van der Waals surface area contributed by atoms with E-state index in [9.17, 15) is 4.79 Å². The van der Waals surface area contributed by atoms with Gasteiger partial charge in [0.2, 0.25) is 0 Å². The van der Waals surface area contributed by atoms with Gasteiger partial charge in [0.25, 0.3) is 0 Å². The maximum atomic E-state index is 11.6. The summed E-state index contributed by atoms with van der Waals surface area (Å²) in [6.45, 7) is 3.95. The average Bonchev–Trinajstić information content (AvgIpc) is 2.84. The second-order valence-corrected chi connectivity index (χ2v) is 4.53. The minimum Gasteiger partial charge on any atom is -0.493 e. The molecule has 0 saturated heterocycles. The number of hydrogen-bond donors (Lipinski definition) is 0. The van der Waals surface area contributed by atoms with Crippen molar-refractivity contribution >= 4 is 5.78 Å². The molecule has 0 saturated carbocycles. The van der Waals surface area contributed by atoms with Crippen molar-refractivity contribution in [2.75, 3.05) is 19.8 Å². The van der Waals surface area contributed by atoms with Crippen LogP contribution in [0.4, 0.5) is 0 Å². The van der Waals surface area contributed by atoms with Gasteiger partial charge in [-0.25, -0.2) is 0 Å². The lowest BCUT2D eigenvalue weighted by atomic mass is 10.0. The highest BCUT2D eigenvalue weighted by atomic mass is 16.5. The summed E-state index contributed by atoms with van der Waals surface area (Å²) >= 11 is 0. The minimum atomic E-state index is 0.278. The molecule has 0 bridgehead atoms. The number of fused-ring (bicyclic) bond motifs is 1. The molecule has 1 aliphatic rings. The molecule has 0 aromatic heterocycles. The largest absolute Gasteiger partial charge is 0.493 e. The van der Waals surface area contributed by atoms with Gasteiger partial charge in [-0.05, 0) is 30.5 Å². The average molecular weight is 248 g/mol. The van der Waals surface area contributed by atoms with E-state index < -0.39 is 0 Å². The molecule has 0 unspecified atom stereocenters. The minimum absolute atomic E-state index is 0.278. The van der Waals surface area contributed by atoms with Crippen LogP contribution >= 0.6 is 0 Å². The Morgan fingerprint density at radius 3 is 3.11 bits per heavy atom. The second kappa shape index (κ2) is 6.55. The van der Waals surface area contributed by atoms with Gasteiger partial charge in [-0.2, -0.15) is 0 Å². The highest BCUT2D eigenvalue weighted by Crippen LogP contribution is 2.26. The molecule has 0 amide bonds. The van der Waals surface area contributed by atoms with Crippen molar-refractivity contribution in [3.8, 4) is 5.75 Å². The molecule has 1 aromatic rings. The van der Waals surface area contributed by atoms with Gasteiger partial charge >= 0.3 is 0 Å². The van der Waals surface area contributed by atoms with E-state index in [4.69, 9.17) is 9.47 Å². The zero-order valence-electron chi connectivity index (χ0n) is 10.9. The Kier molecular flexibility index (Phi) is 4.76. The number of Topliss-reactive ketones (excluding diaryl/α,β-unsaturated/α-hetero) is 1. The summed E-state index contributed by atoms with van der Waals surface area (Å²) in [6.07, 6.45) is 2.94. The SMILES string of the molecule is CCOCCC(=O)CCc1ccc2c(c1)CCO2. The number of ether oxygens (including phenoxy) is 2. The van der Waals surface area contributed by atoms with Crippen LogP contribution in [0.25, 0.3) is 0 Å². The number of hydrogen-bond acceptors (Lipinski definition) is 3. The molecule has 2 rings (SSSR count). The molecule has 18 heavy (non-hydrogen) atoms. The third-order valence-corrected chi connectivity index (χ3v) is 3.18. The Balaban J connectivity index is 1.78. The van der Waals surface area contributed by atoms with Gasteiger partial charge in [-0.1, -0.05) is 12.1 Å². The Hall–Kier alpha value is -1.35. The van der Waals surface area contributed by atoms with Gasteiger partial charge in [0.1, 0.15) is 11.5 Å². The van der Waals surface area contributed by atoms with Crippen LogP contribution in [0.3, 0.4) is 0 Å². The van der Waals surface area contributed by atoms with E-state index in [-0.39, 0.29) is 5.78 Å². The molecule has 0 atom stereocenters. The molecule has 0 spiro atoms. The molecular weight excluding hydrogens is 228 g/mol. The Morgan fingerprint density at radius 2 is 2.28 bits per heavy atom. The summed E-state index contributed by atoms with van der Waals surface area (Å²) < 4.78 is 10.6. The zero-order valence-corrected chi connectivity index (χ0v) is 10.9. The zero-order chi connectivity index (χ0) is 12.8. The van der Waals surface area contributed by atoms with E-state index in [1.54, 1.807) is 0 Å². The van der Waals surface area contributed by atoms with Crippen LogP contribution in [0, 0.1) is 0 Å². The van der Waals surface area contributed by atoms with Crippen LogP contribution in [0.5, 0.6) is 5.75 Å². The molecular formula is C15H20O3. The predicted molar refractivity (Wildman–Crippen MR) is 70.1 cm³/mol. The lowest BCUT2D eigenvalue weighted by molar-refractivity contribution is -0.120. The van der Waals surface area contributed by atoms with Crippen molar-refractivity contribution in [1.29, 1.82) is 0 Å². The summed E-state index contributed by atoms with van der Waals surface area (Å²) in [6, 6.07) is 6.24. The Bertz CT molecular complexity index is 412. The summed E-state index contributed by atoms with van der Waals surface area (Å²) in [4.78, 5) is 11.6. The van der Waals surface area contributed by atoms with Crippen LogP contribution in [0.2, 0.25) is 0 Å². The molecule has 3 heteroatoms. The number of carbonyl (C=O) groups excluding carboxylic acids is 1. The first-order valence-electron chi connectivity index (χ1n) is 6.63. The summed E-state index contributed by atoms with van der Waals surface area (Å²) in [5.74, 6) is 1.28. The Labute approximate surface area is 108 Å². The normalized spacial score (nSPS) is 13.2. The maximum Gasteiger partial charge on any atom is 0.135 e. The van der Waals surface area contributed by atoms with Crippen molar-refractivity contribution in [1.82, 2.24) is 0 Å². The van der Waals surface area contributed by atoms with Gasteiger partial charge in [-0.3, -0.25) is 4.79 Å². The molecule has 0 radical (unpaired) electrons. The number of aryl methyl sites for hydroxylation is 1. The fourth-order valence-electron chi connectivity index (χ4n) is 2.13. The summed E-state index contributed by atoms with van der Waals surface area (Å²) in [7, 11) is 0. The van der Waals surface area contributed by atoms with Gasteiger partial charge in [-0.15, -0.1) is 0 Å². The molecule has 98 valence electrons. The number of rotatable bonds is 7. The summed E-state index contributed by atoms with van der Waals surface area (Å²) in [5.41, 5.74) is 2.50. The van der Waals surface area contributed by atoms with Gasteiger partial charge in [0.15, 0.2) is 0 Å². The first kappa shape index (κ1) is 13.1. The lowest BCUT2D eigenvalue weighted by Crippen LogP contribution is -2.05.